The normalized spacial score (nSPS) is 16.9. The lowest BCUT2D eigenvalue weighted by Crippen LogP contribution is -2.09. The Kier molecular flexibility index (Phi) is 4.27. The molecule has 1 atom stereocenters. The number of carbonyl (C=O) groups excluding carboxylic acids is 1. The number of rotatable bonds is 4. The maximum Gasteiger partial charge on any atom is 0.316 e. The number of thioether (sulfide) groups is 1. The van der Waals surface area contributed by atoms with E-state index in [9.17, 15) is 4.79 Å². The van der Waals surface area contributed by atoms with E-state index < -0.39 is 0 Å². The van der Waals surface area contributed by atoms with E-state index in [2.05, 4.69) is 22.2 Å². The van der Waals surface area contributed by atoms with Crippen LogP contribution in [0.25, 0.3) is 21.6 Å². The standard InChI is InChI=1S/C18H20N6O2S2/c1-4-26-13(25)8-27-18-21-20-17-23(18)16-14(15-19-10(3)22-24(15)17)11-7-9(2)5-6-12(11)28-16/h9H,4-8H2,1-3H3/t9-/m1/s1. The summed E-state index contributed by atoms with van der Waals surface area (Å²) in [5, 5.41) is 15.1. The van der Waals surface area contributed by atoms with Gasteiger partial charge in [-0.05, 0) is 44.6 Å². The SMILES string of the molecule is CCOC(=O)CSc1nnc2n3nc(C)nc3c3c4c(sc3n12)CC[C@@H](C)C4. The number of nitrogens with zero attached hydrogens (tertiary/aromatic N) is 6. The molecule has 8 nitrogen and oxygen atoms in total. The topological polar surface area (TPSA) is 86.7 Å². The number of carbonyl (C=O) groups is 1. The van der Waals surface area contributed by atoms with Gasteiger partial charge in [0.1, 0.15) is 10.7 Å². The van der Waals surface area contributed by atoms with Crippen molar-refractivity contribution < 1.29 is 9.53 Å². The van der Waals surface area contributed by atoms with Crippen LogP contribution in [0, 0.1) is 12.8 Å². The number of fused-ring (bicyclic) bond motifs is 8. The van der Waals surface area contributed by atoms with Crippen molar-refractivity contribution in [2.75, 3.05) is 12.4 Å². The Hall–Kier alpha value is -2.20. The van der Waals surface area contributed by atoms with Crippen molar-refractivity contribution >= 4 is 50.7 Å². The second-order valence-electron chi connectivity index (χ2n) is 7.14. The number of esters is 1. The van der Waals surface area contributed by atoms with Gasteiger partial charge in [0.25, 0.3) is 5.78 Å². The van der Waals surface area contributed by atoms with Gasteiger partial charge in [0.2, 0.25) is 0 Å². The zero-order chi connectivity index (χ0) is 19.4. The summed E-state index contributed by atoms with van der Waals surface area (Å²) in [5.41, 5.74) is 2.23. The summed E-state index contributed by atoms with van der Waals surface area (Å²) in [6, 6.07) is 0. The largest absolute Gasteiger partial charge is 0.465 e. The van der Waals surface area contributed by atoms with Crippen LogP contribution in [-0.2, 0) is 22.4 Å². The van der Waals surface area contributed by atoms with E-state index in [1.165, 1.54) is 28.6 Å². The predicted molar refractivity (Wildman–Crippen MR) is 108 cm³/mol. The summed E-state index contributed by atoms with van der Waals surface area (Å²) in [7, 11) is 0. The summed E-state index contributed by atoms with van der Waals surface area (Å²) in [4.78, 5) is 19.0. The van der Waals surface area contributed by atoms with Crippen LogP contribution >= 0.6 is 23.1 Å². The molecule has 4 aromatic heterocycles. The van der Waals surface area contributed by atoms with Gasteiger partial charge in [0, 0.05) is 4.88 Å². The second kappa shape index (κ2) is 6.70. The van der Waals surface area contributed by atoms with Crippen LogP contribution in [0.3, 0.4) is 0 Å². The molecule has 0 bridgehead atoms. The van der Waals surface area contributed by atoms with Crippen molar-refractivity contribution in [3.8, 4) is 0 Å². The molecule has 146 valence electrons. The molecule has 10 heteroatoms. The van der Waals surface area contributed by atoms with Crippen molar-refractivity contribution in [1.82, 2.24) is 29.2 Å². The van der Waals surface area contributed by atoms with Crippen LogP contribution in [0.2, 0.25) is 0 Å². The lowest BCUT2D eigenvalue weighted by atomic mass is 9.89. The van der Waals surface area contributed by atoms with Gasteiger partial charge in [0.15, 0.2) is 10.8 Å². The zero-order valence-corrected chi connectivity index (χ0v) is 17.6. The molecule has 0 saturated carbocycles. The molecule has 0 amide bonds. The van der Waals surface area contributed by atoms with Crippen molar-refractivity contribution in [1.29, 1.82) is 0 Å². The van der Waals surface area contributed by atoms with Gasteiger partial charge in [-0.25, -0.2) is 9.38 Å². The Morgan fingerprint density at radius 1 is 1.39 bits per heavy atom. The minimum Gasteiger partial charge on any atom is -0.465 e. The summed E-state index contributed by atoms with van der Waals surface area (Å²) in [5.74, 6) is 1.94. The van der Waals surface area contributed by atoms with Gasteiger partial charge in [-0.2, -0.15) is 4.52 Å². The fourth-order valence-electron chi connectivity index (χ4n) is 3.84. The number of hydrogen-bond acceptors (Lipinski definition) is 8. The predicted octanol–water partition coefficient (Wildman–Crippen LogP) is 3.08. The average Bonchev–Trinajstić information content (AvgIpc) is 3.33. The lowest BCUT2D eigenvalue weighted by Gasteiger charge is -2.17. The summed E-state index contributed by atoms with van der Waals surface area (Å²) in [6.45, 7) is 6.37. The molecular weight excluding hydrogens is 396 g/mol. The molecule has 1 aliphatic rings. The highest BCUT2D eigenvalue weighted by atomic mass is 32.2. The molecule has 0 saturated heterocycles. The summed E-state index contributed by atoms with van der Waals surface area (Å²) < 4.78 is 8.85. The van der Waals surface area contributed by atoms with E-state index in [0.29, 0.717) is 29.3 Å². The summed E-state index contributed by atoms with van der Waals surface area (Å²) >= 11 is 3.13. The highest BCUT2D eigenvalue weighted by Crippen LogP contribution is 2.41. The molecule has 0 N–H and O–H groups in total. The third-order valence-corrected chi connectivity index (χ3v) is 7.24. The van der Waals surface area contributed by atoms with Crippen LogP contribution in [0.4, 0.5) is 0 Å². The van der Waals surface area contributed by atoms with E-state index in [-0.39, 0.29) is 11.7 Å². The van der Waals surface area contributed by atoms with Crippen LogP contribution in [0.15, 0.2) is 5.16 Å². The van der Waals surface area contributed by atoms with Crippen molar-refractivity contribution in [2.45, 2.75) is 45.2 Å². The molecule has 4 aromatic rings. The second-order valence-corrected chi connectivity index (χ2v) is 9.16. The third-order valence-electron chi connectivity index (χ3n) is 5.06. The van der Waals surface area contributed by atoms with Gasteiger partial charge < -0.3 is 4.74 Å². The van der Waals surface area contributed by atoms with Gasteiger partial charge in [-0.1, -0.05) is 18.7 Å². The van der Waals surface area contributed by atoms with E-state index >= 15 is 0 Å². The molecule has 0 radical (unpaired) electrons. The fraction of sp³-hybridized carbons (Fsp3) is 0.500. The lowest BCUT2D eigenvalue weighted by molar-refractivity contribution is -0.139. The van der Waals surface area contributed by atoms with E-state index in [1.54, 1.807) is 22.8 Å². The first kappa shape index (κ1) is 17.9. The smallest absolute Gasteiger partial charge is 0.316 e. The number of aryl methyl sites for hydroxylation is 2. The molecule has 4 heterocycles. The highest BCUT2D eigenvalue weighted by Gasteiger charge is 2.27. The Labute approximate surface area is 169 Å². The van der Waals surface area contributed by atoms with Crippen molar-refractivity contribution in [3.05, 3.63) is 16.3 Å². The number of thiophene rings is 1. The van der Waals surface area contributed by atoms with Gasteiger partial charge in [-0.15, -0.1) is 26.6 Å². The molecule has 0 fully saturated rings. The number of aromatic nitrogens is 6. The van der Waals surface area contributed by atoms with Gasteiger partial charge in [0.05, 0.1) is 17.7 Å². The molecular formula is C18H20N6O2S2. The van der Waals surface area contributed by atoms with Crippen LogP contribution < -0.4 is 0 Å². The molecule has 0 unspecified atom stereocenters. The van der Waals surface area contributed by atoms with E-state index in [0.717, 1.165) is 28.7 Å². The zero-order valence-electron chi connectivity index (χ0n) is 15.9. The molecule has 0 aromatic carbocycles. The Morgan fingerprint density at radius 2 is 2.25 bits per heavy atom. The molecule has 28 heavy (non-hydrogen) atoms. The van der Waals surface area contributed by atoms with Crippen molar-refractivity contribution in [2.24, 2.45) is 5.92 Å². The first-order valence-corrected chi connectivity index (χ1v) is 11.2. The minimum absolute atomic E-state index is 0.201. The number of ether oxygens (including phenoxy) is 1. The molecule has 0 aliphatic heterocycles. The minimum atomic E-state index is -0.252. The van der Waals surface area contributed by atoms with Crippen molar-refractivity contribution in [3.63, 3.8) is 0 Å². The first-order chi connectivity index (χ1) is 13.6. The molecule has 5 rings (SSSR count). The van der Waals surface area contributed by atoms with E-state index in [4.69, 9.17) is 9.72 Å². The Balaban J connectivity index is 1.76. The number of hydrogen-bond donors (Lipinski definition) is 0. The Morgan fingerprint density at radius 3 is 3.07 bits per heavy atom. The monoisotopic (exact) mass is 416 g/mol. The van der Waals surface area contributed by atoms with E-state index in [1.807, 2.05) is 11.3 Å². The fourth-order valence-corrected chi connectivity index (χ4v) is 5.97. The first-order valence-electron chi connectivity index (χ1n) is 9.40. The van der Waals surface area contributed by atoms with Crippen LogP contribution in [0.1, 0.15) is 36.5 Å². The summed E-state index contributed by atoms with van der Waals surface area (Å²) in [6.07, 6.45) is 3.34. The third kappa shape index (κ3) is 2.69. The maximum absolute atomic E-state index is 11.8. The molecule has 1 aliphatic carbocycles. The quantitative estimate of drug-likeness (QED) is 0.373. The molecule has 0 spiro atoms. The Bertz CT molecular complexity index is 1220. The van der Waals surface area contributed by atoms with Gasteiger partial charge >= 0.3 is 5.97 Å². The highest BCUT2D eigenvalue weighted by molar-refractivity contribution is 7.99. The van der Waals surface area contributed by atoms with Crippen LogP contribution in [0.5, 0.6) is 0 Å². The van der Waals surface area contributed by atoms with Crippen LogP contribution in [-0.4, -0.2) is 47.5 Å². The van der Waals surface area contributed by atoms with Gasteiger partial charge in [-0.3, -0.25) is 4.79 Å². The average molecular weight is 417 g/mol. The maximum atomic E-state index is 11.8.